The number of rotatable bonds is 7. The van der Waals surface area contributed by atoms with Crippen LogP contribution in [0.4, 0.5) is 0 Å². The minimum absolute atomic E-state index is 0. The highest BCUT2D eigenvalue weighted by Gasteiger charge is 2.23. The fourth-order valence-corrected chi connectivity index (χ4v) is 2.99. The Labute approximate surface area is 174 Å². The molecule has 0 amide bonds. The summed E-state index contributed by atoms with van der Waals surface area (Å²) in [5.74, 6) is 2.87. The number of morpholine rings is 1. The molecule has 1 aromatic rings. The number of guanidine groups is 1. The van der Waals surface area contributed by atoms with E-state index in [2.05, 4.69) is 46.3 Å². The van der Waals surface area contributed by atoms with Gasteiger partial charge in [0, 0.05) is 32.2 Å². The fourth-order valence-electron chi connectivity index (χ4n) is 2.99. The lowest BCUT2D eigenvalue weighted by Gasteiger charge is -2.37. The number of aromatic nitrogens is 1. The van der Waals surface area contributed by atoms with E-state index in [4.69, 9.17) is 9.15 Å². The summed E-state index contributed by atoms with van der Waals surface area (Å²) < 4.78 is 11.1. The Balaban J connectivity index is 0.00000338. The van der Waals surface area contributed by atoms with Gasteiger partial charge in [0.05, 0.1) is 18.9 Å². The molecule has 7 nitrogen and oxygen atoms in total. The average molecular weight is 479 g/mol. The van der Waals surface area contributed by atoms with Crippen molar-refractivity contribution in [2.75, 3.05) is 39.4 Å². The van der Waals surface area contributed by atoms with Crippen LogP contribution in [0, 0.1) is 19.8 Å². The molecule has 2 rings (SSSR count). The molecule has 1 unspecified atom stereocenters. The molecule has 1 aromatic heterocycles. The second-order valence-corrected chi connectivity index (χ2v) is 6.78. The van der Waals surface area contributed by atoms with Crippen LogP contribution in [0.3, 0.4) is 0 Å². The maximum atomic E-state index is 5.61. The van der Waals surface area contributed by atoms with Gasteiger partial charge in [-0.2, -0.15) is 0 Å². The zero-order chi connectivity index (χ0) is 18.2. The highest BCUT2D eigenvalue weighted by atomic mass is 127. The van der Waals surface area contributed by atoms with Gasteiger partial charge in [-0.15, -0.1) is 24.0 Å². The van der Waals surface area contributed by atoms with Gasteiger partial charge in [0.15, 0.2) is 5.96 Å². The smallest absolute Gasteiger partial charge is 0.216 e. The molecule has 0 radical (unpaired) electrons. The molecule has 0 aliphatic carbocycles. The van der Waals surface area contributed by atoms with Crippen molar-refractivity contribution in [2.45, 2.75) is 47.2 Å². The molecule has 1 aliphatic heterocycles. The highest BCUT2D eigenvalue weighted by molar-refractivity contribution is 14.0. The van der Waals surface area contributed by atoms with E-state index in [0.29, 0.717) is 24.4 Å². The first-order valence-corrected chi connectivity index (χ1v) is 9.28. The molecule has 1 atom stereocenters. The number of halogens is 1. The summed E-state index contributed by atoms with van der Waals surface area (Å²) in [7, 11) is 0. The Morgan fingerprint density at radius 2 is 1.92 bits per heavy atom. The van der Waals surface area contributed by atoms with Crippen molar-refractivity contribution < 1.29 is 9.15 Å². The molecule has 0 aromatic carbocycles. The average Bonchev–Trinajstić information content (AvgIpc) is 2.91. The summed E-state index contributed by atoms with van der Waals surface area (Å²) in [6.45, 7) is 16.2. The lowest BCUT2D eigenvalue weighted by molar-refractivity contribution is 0.00752. The largest absolute Gasteiger partial charge is 0.444 e. The van der Waals surface area contributed by atoms with Crippen molar-refractivity contribution in [2.24, 2.45) is 10.9 Å². The van der Waals surface area contributed by atoms with Gasteiger partial charge in [-0.3, -0.25) is 4.90 Å². The molecule has 1 fully saturated rings. The van der Waals surface area contributed by atoms with Gasteiger partial charge in [-0.05, 0) is 26.7 Å². The van der Waals surface area contributed by atoms with Crippen LogP contribution in [-0.4, -0.2) is 61.3 Å². The Morgan fingerprint density at radius 1 is 1.23 bits per heavy atom. The van der Waals surface area contributed by atoms with Crippen LogP contribution in [0.25, 0.3) is 0 Å². The molecule has 2 N–H and O–H groups in total. The van der Waals surface area contributed by atoms with Crippen LogP contribution in [0.2, 0.25) is 0 Å². The Hall–Kier alpha value is -0.870. The number of hydrogen-bond acceptors (Lipinski definition) is 5. The van der Waals surface area contributed by atoms with Crippen molar-refractivity contribution in [3.63, 3.8) is 0 Å². The predicted octanol–water partition coefficient (Wildman–Crippen LogP) is 2.32. The molecule has 150 valence electrons. The monoisotopic (exact) mass is 479 g/mol. The summed E-state index contributed by atoms with van der Waals surface area (Å²) in [5.41, 5.74) is 0.926. The highest BCUT2D eigenvalue weighted by Crippen LogP contribution is 2.12. The normalized spacial score (nSPS) is 17.1. The summed E-state index contributed by atoms with van der Waals surface area (Å²) in [6.07, 6.45) is 0. The van der Waals surface area contributed by atoms with Crippen molar-refractivity contribution in [3.05, 3.63) is 17.3 Å². The summed E-state index contributed by atoms with van der Waals surface area (Å²) in [5, 5.41) is 6.78. The molecule has 8 heteroatoms. The van der Waals surface area contributed by atoms with Crippen molar-refractivity contribution >= 4 is 29.9 Å². The SMILES string of the molecule is CCNC(=NCc1nc(C)c(C)o1)NCC(C(C)C)N1CCOCC1.I. The van der Waals surface area contributed by atoms with E-state index < -0.39 is 0 Å². The van der Waals surface area contributed by atoms with E-state index in [9.17, 15) is 0 Å². The zero-order valence-corrected chi connectivity index (χ0v) is 19.0. The fraction of sp³-hybridized carbons (Fsp3) is 0.778. The van der Waals surface area contributed by atoms with Crippen LogP contribution in [0.5, 0.6) is 0 Å². The Morgan fingerprint density at radius 3 is 2.46 bits per heavy atom. The first kappa shape index (κ1) is 23.2. The number of ether oxygens (including phenoxy) is 1. The third-order valence-corrected chi connectivity index (χ3v) is 4.55. The Kier molecular flexibility index (Phi) is 10.5. The van der Waals surface area contributed by atoms with E-state index in [1.807, 2.05) is 13.8 Å². The molecular weight excluding hydrogens is 445 g/mol. The lowest BCUT2D eigenvalue weighted by Crippen LogP contribution is -2.52. The minimum Gasteiger partial charge on any atom is -0.444 e. The van der Waals surface area contributed by atoms with Gasteiger partial charge in [0.1, 0.15) is 12.3 Å². The van der Waals surface area contributed by atoms with E-state index in [0.717, 1.165) is 56.8 Å². The number of nitrogens with one attached hydrogen (secondary N) is 2. The van der Waals surface area contributed by atoms with Crippen LogP contribution in [0.1, 0.15) is 38.1 Å². The quantitative estimate of drug-likeness (QED) is 0.355. The molecular formula is C18H34IN5O2. The first-order valence-electron chi connectivity index (χ1n) is 9.28. The predicted molar refractivity (Wildman–Crippen MR) is 115 cm³/mol. The van der Waals surface area contributed by atoms with E-state index in [1.165, 1.54) is 0 Å². The van der Waals surface area contributed by atoms with Gasteiger partial charge in [0.2, 0.25) is 5.89 Å². The number of aryl methyl sites for hydroxylation is 2. The van der Waals surface area contributed by atoms with Gasteiger partial charge >= 0.3 is 0 Å². The molecule has 1 saturated heterocycles. The van der Waals surface area contributed by atoms with Crippen LogP contribution in [0.15, 0.2) is 9.41 Å². The minimum atomic E-state index is 0. The van der Waals surface area contributed by atoms with Crippen LogP contribution in [-0.2, 0) is 11.3 Å². The number of aliphatic imine (C=N–C) groups is 1. The number of oxazole rings is 1. The zero-order valence-electron chi connectivity index (χ0n) is 16.7. The number of hydrogen-bond donors (Lipinski definition) is 2. The van der Waals surface area contributed by atoms with E-state index >= 15 is 0 Å². The molecule has 0 saturated carbocycles. The van der Waals surface area contributed by atoms with Crippen molar-refractivity contribution in [1.29, 1.82) is 0 Å². The first-order chi connectivity index (χ1) is 12.0. The van der Waals surface area contributed by atoms with Crippen molar-refractivity contribution in [3.8, 4) is 0 Å². The Bertz CT molecular complexity index is 536. The maximum Gasteiger partial charge on any atom is 0.216 e. The van der Waals surface area contributed by atoms with Crippen LogP contribution < -0.4 is 10.6 Å². The molecule has 0 spiro atoms. The van der Waals surface area contributed by atoms with Gasteiger partial charge in [-0.25, -0.2) is 9.98 Å². The molecule has 0 bridgehead atoms. The van der Waals surface area contributed by atoms with Crippen molar-refractivity contribution in [1.82, 2.24) is 20.5 Å². The number of nitrogens with zero attached hydrogens (tertiary/aromatic N) is 3. The lowest BCUT2D eigenvalue weighted by atomic mass is 10.0. The summed E-state index contributed by atoms with van der Waals surface area (Å²) >= 11 is 0. The second kappa shape index (κ2) is 11.8. The summed E-state index contributed by atoms with van der Waals surface area (Å²) in [6, 6.07) is 0.457. The third-order valence-electron chi connectivity index (χ3n) is 4.55. The molecule has 2 heterocycles. The third kappa shape index (κ3) is 7.03. The second-order valence-electron chi connectivity index (χ2n) is 6.78. The topological polar surface area (TPSA) is 74.9 Å². The molecule has 26 heavy (non-hydrogen) atoms. The summed E-state index contributed by atoms with van der Waals surface area (Å²) in [4.78, 5) is 11.5. The van der Waals surface area contributed by atoms with Crippen LogP contribution >= 0.6 is 24.0 Å². The van der Waals surface area contributed by atoms with Gasteiger partial charge in [-0.1, -0.05) is 13.8 Å². The van der Waals surface area contributed by atoms with E-state index in [-0.39, 0.29) is 24.0 Å². The standard InChI is InChI=1S/C18H33N5O2.HI/c1-6-19-18(21-12-17-22-14(4)15(5)25-17)20-11-16(13(2)3)23-7-9-24-10-8-23;/h13,16H,6-12H2,1-5H3,(H2,19,20,21);1H. The maximum absolute atomic E-state index is 5.61. The molecule has 1 aliphatic rings. The van der Waals surface area contributed by atoms with Gasteiger partial charge in [0.25, 0.3) is 0 Å². The van der Waals surface area contributed by atoms with E-state index in [1.54, 1.807) is 0 Å². The van der Waals surface area contributed by atoms with Gasteiger partial charge < -0.3 is 19.8 Å².